The summed E-state index contributed by atoms with van der Waals surface area (Å²) in [5.74, 6) is -0.510. The number of aliphatic hydroxyl groups is 2. The Kier molecular flexibility index (Phi) is 24.3. The number of aliphatic carboxylic acids is 1. The molecule has 1 aliphatic carbocycles. The number of piperidine rings is 1. The molecule has 1 radical (unpaired) electrons. The number of urea groups is 1. The number of nitrogens with one attached hydrogen (secondary N) is 1. The van der Waals surface area contributed by atoms with Gasteiger partial charge in [0.2, 0.25) is 0 Å². The number of rotatable bonds is 4. The van der Waals surface area contributed by atoms with Crippen molar-refractivity contribution in [1.82, 2.24) is 19.4 Å². The maximum absolute atomic E-state index is 13.1. The molecule has 61 heavy (non-hydrogen) atoms. The largest absolute Gasteiger partial charge is 2.00 e. The first-order valence-electron chi connectivity index (χ1n) is 20.1. The van der Waals surface area contributed by atoms with Crippen LogP contribution in [-0.4, -0.2) is 111 Å². The van der Waals surface area contributed by atoms with Gasteiger partial charge in [-0.1, -0.05) is 59.5 Å². The molecule has 2 saturated heterocycles. The minimum absolute atomic E-state index is 0. The first-order chi connectivity index (χ1) is 28.0. The summed E-state index contributed by atoms with van der Waals surface area (Å²) in [6.45, 7) is 13.5. The third kappa shape index (κ3) is 12.8. The molecule has 3 fully saturated rings. The first kappa shape index (κ1) is 55.9. The summed E-state index contributed by atoms with van der Waals surface area (Å²) in [6.07, 6.45) is 6.88. The van der Waals surface area contributed by atoms with Crippen LogP contribution in [0.3, 0.4) is 0 Å². The average molecular weight is 1110 g/mol. The molecule has 6 heterocycles. The van der Waals surface area contributed by atoms with Crippen LogP contribution in [0, 0.1) is 5.41 Å². The summed E-state index contributed by atoms with van der Waals surface area (Å²) in [5, 5.41) is 40.6. The number of carboxylic acid groups (broad SMARTS) is 1. The van der Waals surface area contributed by atoms with Crippen molar-refractivity contribution in [3.05, 3.63) is 86.4 Å². The molecule has 1 aromatic carbocycles. The number of amides is 2. The average Bonchev–Trinajstić information content (AvgIpc) is 3.64. The van der Waals surface area contributed by atoms with Gasteiger partial charge in [-0.15, -0.1) is 19.1 Å². The molecule has 2 aromatic heterocycles. The number of hydrogen-bond acceptors (Lipinski definition) is 10. The van der Waals surface area contributed by atoms with E-state index in [0.717, 1.165) is 54.1 Å². The number of nitrogens with zero attached hydrogens (tertiary/aromatic N) is 5. The minimum atomic E-state index is -1.31. The summed E-state index contributed by atoms with van der Waals surface area (Å²) in [7, 11) is 1.00. The van der Waals surface area contributed by atoms with Gasteiger partial charge in [0.05, 0.1) is 29.0 Å². The van der Waals surface area contributed by atoms with E-state index in [-0.39, 0.29) is 103 Å². The zero-order valence-electron chi connectivity index (χ0n) is 35.5. The number of aromatic nitrogens is 2. The van der Waals surface area contributed by atoms with E-state index in [9.17, 15) is 24.3 Å². The van der Waals surface area contributed by atoms with E-state index < -0.39 is 17.5 Å². The molecule has 5 aliphatic rings. The number of likely N-dealkylation sites (tertiary alicyclic amines) is 1. The van der Waals surface area contributed by atoms with Crippen LogP contribution >= 0.6 is 0 Å². The molecule has 1 unspecified atom stereocenters. The van der Waals surface area contributed by atoms with E-state index in [1.54, 1.807) is 32.6 Å². The van der Waals surface area contributed by atoms with Gasteiger partial charge in [-0.05, 0) is 49.1 Å². The molecular formula is C42H60N7O10PtY-. The van der Waals surface area contributed by atoms with Crippen molar-refractivity contribution < 1.29 is 98.4 Å². The van der Waals surface area contributed by atoms with Crippen molar-refractivity contribution in [2.45, 2.75) is 97.4 Å². The van der Waals surface area contributed by atoms with Crippen LogP contribution in [0.5, 0.6) is 5.75 Å². The van der Waals surface area contributed by atoms with Crippen LogP contribution in [0.4, 0.5) is 4.79 Å². The number of carboxylic acids is 1. The quantitative estimate of drug-likeness (QED) is 0.0715. The van der Waals surface area contributed by atoms with Gasteiger partial charge in [0.1, 0.15) is 30.2 Å². The maximum atomic E-state index is 13.1. The molecule has 4 aliphatic heterocycles. The summed E-state index contributed by atoms with van der Waals surface area (Å²) >= 11 is 0. The molecule has 19 heteroatoms. The van der Waals surface area contributed by atoms with Gasteiger partial charge in [-0.25, -0.2) is 15.0 Å². The number of fused-ring (bicyclic) bond motifs is 5. The SMILES string of the molecule is C=C1OCc2c(cc3n(c2=O)Cc2c-3nc3ccc(OO)cc3c2CC)C1O.CC.CO.O=CC1(C(=O)O)CCN(C(=O)N2CC[N-]CC2)CC1.[NH-]C1CCCCC1.[NH2-].[Pt+2].[Y]. The van der Waals surface area contributed by atoms with Crippen LogP contribution in [0.25, 0.3) is 39.5 Å². The topological polar surface area (TPSA) is 263 Å². The van der Waals surface area contributed by atoms with Gasteiger partial charge in [0, 0.05) is 82.5 Å². The maximum Gasteiger partial charge on any atom is 2.00 e. The molecule has 3 aromatic rings. The third-order valence-electron chi connectivity index (χ3n) is 11.1. The second-order valence-electron chi connectivity index (χ2n) is 14.4. The van der Waals surface area contributed by atoms with Crippen LogP contribution in [0.1, 0.15) is 94.1 Å². The predicted molar refractivity (Wildman–Crippen MR) is 225 cm³/mol. The van der Waals surface area contributed by atoms with Gasteiger partial charge < -0.3 is 61.3 Å². The fraction of sp³-hybridized carbons (Fsp3) is 0.548. The van der Waals surface area contributed by atoms with Gasteiger partial charge in [-0.3, -0.25) is 9.59 Å². The van der Waals surface area contributed by atoms with Crippen molar-refractivity contribution in [3.63, 3.8) is 0 Å². The zero-order chi connectivity index (χ0) is 42.6. The second kappa shape index (κ2) is 26.5. The smallest absolute Gasteiger partial charge is 0.693 e. The molecule has 0 bridgehead atoms. The van der Waals surface area contributed by atoms with Crippen LogP contribution in [0.15, 0.2) is 41.4 Å². The molecule has 1 atom stereocenters. The number of benzene rings is 1. The van der Waals surface area contributed by atoms with E-state index in [1.807, 2.05) is 26.8 Å². The van der Waals surface area contributed by atoms with E-state index in [1.165, 1.54) is 19.3 Å². The standard InChI is InChI=1S/C21H18N2O5.C12H18N3O4.C6H12N.C2H6.CH4O.H2N.Pt.Y/c1-3-12-13-6-11(28-26)4-5-17(13)22-19-15(12)8-23-18(19)7-14-16(21(23)25)9-27-10(2)20(14)24;16-9-12(10(17)18)1-5-14(6-2-12)11(19)15-7-3-13-4-8-15;7-6-4-2-1-3-5-6;2*1-2;;;/h4-7,20,24,26H,2-3,8-9H2,1H3;9H,1-8H2,(H,17,18);6-7H,1-5H2;1-2H3;2H,1H3;1H2;;/q;2*-1;;;-1;+2;. The molecule has 2 amide bonds. The summed E-state index contributed by atoms with van der Waals surface area (Å²) in [5.41, 5.74) is 11.0. The van der Waals surface area contributed by atoms with E-state index in [4.69, 9.17) is 30.9 Å². The second-order valence-corrected chi connectivity index (χ2v) is 14.4. The summed E-state index contributed by atoms with van der Waals surface area (Å²) < 4.78 is 7.04. The molecular weight excluding hydrogens is 1050 g/mol. The van der Waals surface area contributed by atoms with Crippen molar-refractivity contribution >= 4 is 29.2 Å². The number of carbonyl (C=O) groups is 3. The van der Waals surface area contributed by atoms with Crippen LogP contribution < -0.4 is 10.4 Å². The van der Waals surface area contributed by atoms with E-state index in [0.29, 0.717) is 74.7 Å². The summed E-state index contributed by atoms with van der Waals surface area (Å²) in [6, 6.07) is 7.21. The van der Waals surface area contributed by atoms with Crippen molar-refractivity contribution in [3.8, 4) is 17.1 Å². The first-order valence-corrected chi connectivity index (χ1v) is 20.1. The summed E-state index contributed by atoms with van der Waals surface area (Å²) in [4.78, 5) is 59.9. The predicted octanol–water partition coefficient (Wildman–Crippen LogP) is 6.80. The Labute approximate surface area is 397 Å². The normalized spacial score (nSPS) is 18.1. The van der Waals surface area contributed by atoms with Crippen LogP contribution in [0.2, 0.25) is 0 Å². The number of hydrogen-bond donors (Lipinski definition) is 4. The Bertz CT molecular complexity index is 1980. The van der Waals surface area contributed by atoms with E-state index in [2.05, 4.69) is 16.8 Å². The Morgan fingerprint density at radius 2 is 1.66 bits per heavy atom. The number of ether oxygens (including phenoxy) is 1. The molecule has 1 saturated carbocycles. The number of carbonyl (C=O) groups excluding carboxylic acids is 2. The number of aryl methyl sites for hydroxylation is 1. The monoisotopic (exact) mass is 1110 g/mol. The number of nitrogens with two attached hydrogens (primary N) is 1. The van der Waals surface area contributed by atoms with Gasteiger partial charge in [0.25, 0.3) is 5.56 Å². The van der Waals surface area contributed by atoms with Gasteiger partial charge in [0.15, 0.2) is 5.75 Å². The molecule has 17 nitrogen and oxygen atoms in total. The van der Waals surface area contributed by atoms with Crippen LogP contribution in [-0.2, 0) is 87.7 Å². The van der Waals surface area contributed by atoms with Crippen molar-refractivity contribution in [2.75, 3.05) is 46.4 Å². The minimum Gasteiger partial charge on any atom is -0.693 e. The Balaban J connectivity index is 0.000000491. The third-order valence-corrected chi connectivity index (χ3v) is 11.1. The number of aldehydes is 1. The fourth-order valence-corrected chi connectivity index (χ4v) is 7.80. The molecule has 0 spiro atoms. The van der Waals surface area contributed by atoms with Gasteiger partial charge >= 0.3 is 33.1 Å². The number of aliphatic hydroxyl groups excluding tert-OH is 2. The Hall–Kier alpha value is -3.12. The molecule has 7 N–H and O–H groups in total. The van der Waals surface area contributed by atoms with E-state index >= 15 is 0 Å². The number of piperazine rings is 1. The number of pyridine rings is 2. The Morgan fingerprint density at radius 1 is 1.05 bits per heavy atom. The molecule has 8 rings (SSSR count). The molecule has 337 valence electrons. The van der Waals surface area contributed by atoms with Crippen molar-refractivity contribution in [1.29, 1.82) is 0 Å². The zero-order valence-corrected chi connectivity index (χ0v) is 40.6. The fourth-order valence-electron chi connectivity index (χ4n) is 7.80. The van der Waals surface area contributed by atoms with Crippen molar-refractivity contribution in [2.24, 2.45) is 5.41 Å². The Morgan fingerprint density at radius 3 is 2.18 bits per heavy atom. The van der Waals surface area contributed by atoms with Gasteiger partial charge in [-0.2, -0.15) is 0 Å².